The van der Waals surface area contributed by atoms with Crippen molar-refractivity contribution in [1.82, 2.24) is 15.3 Å². The molecule has 2 aliphatic heterocycles. The van der Waals surface area contributed by atoms with Crippen LogP contribution in [0, 0.1) is 0 Å². The van der Waals surface area contributed by atoms with Gasteiger partial charge in [0.15, 0.2) is 0 Å². The molecule has 0 bridgehead atoms. The molecule has 1 fully saturated rings. The molecule has 0 spiro atoms. The molecule has 0 amide bonds. The van der Waals surface area contributed by atoms with Crippen LogP contribution in [0.1, 0.15) is 22.9 Å². The van der Waals surface area contributed by atoms with E-state index in [0.717, 1.165) is 50.7 Å². The van der Waals surface area contributed by atoms with E-state index in [1.165, 1.54) is 11.1 Å². The van der Waals surface area contributed by atoms with Gasteiger partial charge in [-0.3, -0.25) is 0 Å². The van der Waals surface area contributed by atoms with Crippen LogP contribution in [0.25, 0.3) is 0 Å². The van der Waals surface area contributed by atoms with E-state index in [-0.39, 0.29) is 6.10 Å². The number of morpholine rings is 1. The Kier molecular flexibility index (Phi) is 3.74. The number of hydrogen-bond donors (Lipinski definition) is 1. The van der Waals surface area contributed by atoms with Gasteiger partial charge in [0.1, 0.15) is 18.2 Å². The van der Waals surface area contributed by atoms with Gasteiger partial charge >= 0.3 is 0 Å². The van der Waals surface area contributed by atoms with Crippen molar-refractivity contribution in [3.8, 4) is 0 Å². The average Bonchev–Trinajstić information content (AvgIpc) is 2.62. The second-order valence-electron chi connectivity index (χ2n) is 5.77. The maximum absolute atomic E-state index is 5.96. The summed E-state index contributed by atoms with van der Waals surface area (Å²) in [5, 5.41) is 3.37. The van der Waals surface area contributed by atoms with Crippen molar-refractivity contribution in [1.29, 1.82) is 0 Å². The highest BCUT2D eigenvalue weighted by atomic mass is 16.5. The minimum atomic E-state index is 0.113. The highest BCUT2D eigenvalue weighted by molar-refractivity contribution is 5.50. The number of benzene rings is 1. The minimum Gasteiger partial charge on any atom is -0.370 e. The van der Waals surface area contributed by atoms with Gasteiger partial charge in [0.25, 0.3) is 0 Å². The Morgan fingerprint density at radius 3 is 3.00 bits per heavy atom. The molecule has 1 saturated heterocycles. The molecule has 4 rings (SSSR count). The van der Waals surface area contributed by atoms with E-state index >= 15 is 0 Å². The second-order valence-corrected chi connectivity index (χ2v) is 5.77. The summed E-state index contributed by atoms with van der Waals surface area (Å²) in [5.41, 5.74) is 3.67. The molecule has 0 saturated carbocycles. The smallest absolute Gasteiger partial charge is 0.135 e. The van der Waals surface area contributed by atoms with Gasteiger partial charge in [-0.1, -0.05) is 30.3 Å². The number of aromatic nitrogens is 2. The molecule has 1 aromatic carbocycles. The topological polar surface area (TPSA) is 50.3 Å². The minimum absolute atomic E-state index is 0.113. The normalized spacial score (nSPS) is 21.5. The number of ether oxygens (including phenoxy) is 1. The van der Waals surface area contributed by atoms with Crippen LogP contribution in [-0.2, 0) is 17.7 Å². The van der Waals surface area contributed by atoms with Gasteiger partial charge in [-0.15, -0.1) is 0 Å². The molecule has 0 aliphatic carbocycles. The van der Waals surface area contributed by atoms with Crippen LogP contribution < -0.4 is 10.2 Å². The maximum atomic E-state index is 5.96. The first-order chi connectivity index (χ1) is 10.9. The van der Waals surface area contributed by atoms with Crippen LogP contribution in [0.4, 0.5) is 5.82 Å². The molecule has 3 heterocycles. The van der Waals surface area contributed by atoms with Crippen molar-refractivity contribution in [3.63, 3.8) is 0 Å². The zero-order chi connectivity index (χ0) is 14.8. The van der Waals surface area contributed by atoms with Crippen molar-refractivity contribution in [2.75, 3.05) is 31.1 Å². The van der Waals surface area contributed by atoms with Gasteiger partial charge in [0.05, 0.1) is 12.3 Å². The third-order valence-electron chi connectivity index (χ3n) is 4.39. The fourth-order valence-corrected chi connectivity index (χ4v) is 3.25. The maximum Gasteiger partial charge on any atom is 0.135 e. The zero-order valence-corrected chi connectivity index (χ0v) is 12.5. The monoisotopic (exact) mass is 296 g/mol. The third kappa shape index (κ3) is 2.58. The predicted molar refractivity (Wildman–Crippen MR) is 84.8 cm³/mol. The van der Waals surface area contributed by atoms with Gasteiger partial charge in [0.2, 0.25) is 0 Å². The van der Waals surface area contributed by atoms with Gasteiger partial charge in [-0.25, -0.2) is 9.97 Å². The SMILES string of the molecule is c1ccc([C@@H]2CN(c3ncnc4c3CCNC4)CCO2)cc1. The molecule has 1 N–H and O–H groups in total. The van der Waals surface area contributed by atoms with Crippen LogP contribution in [-0.4, -0.2) is 36.2 Å². The van der Waals surface area contributed by atoms with E-state index in [0.29, 0.717) is 0 Å². The molecule has 2 aliphatic rings. The Hall–Kier alpha value is -1.98. The Morgan fingerprint density at radius 2 is 2.09 bits per heavy atom. The molecule has 22 heavy (non-hydrogen) atoms. The number of anilines is 1. The first-order valence-corrected chi connectivity index (χ1v) is 7.87. The van der Waals surface area contributed by atoms with Crippen molar-refractivity contribution in [2.24, 2.45) is 0 Å². The Balaban J connectivity index is 1.61. The highest BCUT2D eigenvalue weighted by Crippen LogP contribution is 2.28. The first kappa shape index (κ1) is 13.7. The van der Waals surface area contributed by atoms with Crippen LogP contribution in [0.15, 0.2) is 36.7 Å². The molecule has 114 valence electrons. The zero-order valence-electron chi connectivity index (χ0n) is 12.5. The van der Waals surface area contributed by atoms with Crippen LogP contribution >= 0.6 is 0 Å². The molecule has 1 aromatic heterocycles. The molecule has 0 unspecified atom stereocenters. The van der Waals surface area contributed by atoms with Crippen LogP contribution in [0.5, 0.6) is 0 Å². The summed E-state index contributed by atoms with van der Waals surface area (Å²) in [7, 11) is 0. The van der Waals surface area contributed by atoms with Crippen molar-refractivity contribution in [2.45, 2.75) is 19.1 Å². The number of nitrogens with one attached hydrogen (secondary N) is 1. The quantitative estimate of drug-likeness (QED) is 0.914. The largest absolute Gasteiger partial charge is 0.370 e. The Bertz CT molecular complexity index is 646. The lowest BCUT2D eigenvalue weighted by Gasteiger charge is -2.35. The summed E-state index contributed by atoms with van der Waals surface area (Å²) in [4.78, 5) is 11.3. The molecule has 5 nitrogen and oxygen atoms in total. The predicted octanol–water partition coefficient (Wildman–Crippen LogP) is 1.70. The summed E-state index contributed by atoms with van der Waals surface area (Å²) in [6, 6.07) is 10.4. The highest BCUT2D eigenvalue weighted by Gasteiger charge is 2.26. The second kappa shape index (κ2) is 6.02. The summed E-state index contributed by atoms with van der Waals surface area (Å²) in [5.74, 6) is 1.09. The van der Waals surface area contributed by atoms with E-state index in [2.05, 4.69) is 44.5 Å². The van der Waals surface area contributed by atoms with Gasteiger partial charge in [-0.05, 0) is 18.5 Å². The summed E-state index contributed by atoms with van der Waals surface area (Å²) in [6.45, 7) is 4.31. The fourth-order valence-electron chi connectivity index (χ4n) is 3.25. The van der Waals surface area contributed by atoms with E-state index in [9.17, 15) is 0 Å². The molecule has 1 atom stereocenters. The lowest BCUT2D eigenvalue weighted by Crippen LogP contribution is -2.40. The summed E-state index contributed by atoms with van der Waals surface area (Å²) in [6.07, 6.45) is 2.80. The molecule has 0 radical (unpaired) electrons. The van der Waals surface area contributed by atoms with Gasteiger partial charge < -0.3 is 15.0 Å². The van der Waals surface area contributed by atoms with E-state index in [4.69, 9.17) is 4.74 Å². The first-order valence-electron chi connectivity index (χ1n) is 7.87. The molecular weight excluding hydrogens is 276 g/mol. The van der Waals surface area contributed by atoms with Crippen molar-refractivity contribution in [3.05, 3.63) is 53.5 Å². The lowest BCUT2D eigenvalue weighted by atomic mass is 10.0. The Morgan fingerprint density at radius 1 is 1.18 bits per heavy atom. The Labute approximate surface area is 130 Å². The van der Waals surface area contributed by atoms with Gasteiger partial charge in [-0.2, -0.15) is 0 Å². The molecule has 2 aromatic rings. The fraction of sp³-hybridized carbons (Fsp3) is 0.412. The third-order valence-corrected chi connectivity index (χ3v) is 4.39. The average molecular weight is 296 g/mol. The lowest BCUT2D eigenvalue weighted by molar-refractivity contribution is 0.0394. The molecular formula is C17H20N4O. The standard InChI is InChI=1S/C17H20N4O/c1-2-4-13(5-3-1)16-11-21(8-9-22-16)17-14-6-7-18-10-15(14)19-12-20-17/h1-5,12,16,18H,6-11H2/t16-/m0/s1. The summed E-state index contributed by atoms with van der Waals surface area (Å²) >= 11 is 0. The number of rotatable bonds is 2. The van der Waals surface area contributed by atoms with Crippen LogP contribution in [0.2, 0.25) is 0 Å². The number of fused-ring (bicyclic) bond motifs is 1. The summed E-state index contributed by atoms with van der Waals surface area (Å²) < 4.78 is 5.96. The number of hydrogen-bond acceptors (Lipinski definition) is 5. The van der Waals surface area contributed by atoms with Crippen molar-refractivity contribution >= 4 is 5.82 Å². The van der Waals surface area contributed by atoms with Crippen LogP contribution in [0.3, 0.4) is 0 Å². The van der Waals surface area contributed by atoms with Gasteiger partial charge in [0, 0.05) is 25.2 Å². The number of nitrogens with zero attached hydrogens (tertiary/aromatic N) is 3. The van der Waals surface area contributed by atoms with Crippen molar-refractivity contribution < 1.29 is 4.74 Å². The van der Waals surface area contributed by atoms with E-state index in [1.54, 1.807) is 6.33 Å². The molecule has 5 heteroatoms. The van der Waals surface area contributed by atoms with E-state index in [1.807, 2.05) is 6.07 Å². The van der Waals surface area contributed by atoms with E-state index < -0.39 is 0 Å².